The topological polar surface area (TPSA) is 89.9 Å². The number of carbonyl (C=O) groups is 1. The second-order valence-corrected chi connectivity index (χ2v) is 7.69. The quantitative estimate of drug-likeness (QED) is 0.684. The standard InChI is InChI=1S/C17H18N6O2S/c24-15(7-11-4-6-26-10-11)22-5-3-13(8-22)23-9-14(19-21-23)17-18-16(20-25-17)12-1-2-12/h4,6,9-10,12-13H,1-3,5,7-8H2. The third-order valence-corrected chi connectivity index (χ3v) is 5.67. The number of hydrogen-bond donors (Lipinski definition) is 0. The van der Waals surface area contributed by atoms with Crippen molar-refractivity contribution in [2.75, 3.05) is 13.1 Å². The summed E-state index contributed by atoms with van der Waals surface area (Å²) in [6.45, 7) is 1.40. The molecule has 134 valence electrons. The van der Waals surface area contributed by atoms with Crippen LogP contribution in [0.1, 0.15) is 42.6 Å². The van der Waals surface area contributed by atoms with E-state index in [1.54, 1.807) is 11.3 Å². The molecule has 1 aliphatic heterocycles. The predicted molar refractivity (Wildman–Crippen MR) is 93.5 cm³/mol. The number of aromatic nitrogens is 5. The van der Waals surface area contributed by atoms with Crippen molar-refractivity contribution in [2.45, 2.75) is 37.6 Å². The Balaban J connectivity index is 1.24. The molecule has 9 heteroatoms. The molecule has 1 amide bonds. The lowest BCUT2D eigenvalue weighted by Crippen LogP contribution is -2.30. The van der Waals surface area contributed by atoms with Crippen molar-refractivity contribution >= 4 is 17.2 Å². The zero-order valence-electron chi connectivity index (χ0n) is 14.1. The fraction of sp³-hybridized carbons (Fsp3) is 0.471. The average molecular weight is 370 g/mol. The monoisotopic (exact) mass is 370 g/mol. The van der Waals surface area contributed by atoms with E-state index in [1.165, 1.54) is 0 Å². The van der Waals surface area contributed by atoms with Crippen molar-refractivity contribution in [3.05, 3.63) is 34.4 Å². The molecule has 5 rings (SSSR count). The molecule has 1 saturated carbocycles. The number of thiophene rings is 1. The van der Waals surface area contributed by atoms with Crippen LogP contribution in [0, 0.1) is 0 Å². The molecular weight excluding hydrogens is 352 g/mol. The summed E-state index contributed by atoms with van der Waals surface area (Å²) in [6, 6.07) is 2.13. The van der Waals surface area contributed by atoms with Crippen LogP contribution in [-0.4, -0.2) is 49.0 Å². The summed E-state index contributed by atoms with van der Waals surface area (Å²) in [5, 5.41) is 16.4. The summed E-state index contributed by atoms with van der Waals surface area (Å²) in [4.78, 5) is 18.8. The van der Waals surface area contributed by atoms with Crippen molar-refractivity contribution in [2.24, 2.45) is 0 Å². The Morgan fingerprint density at radius 3 is 3.08 bits per heavy atom. The third-order valence-electron chi connectivity index (χ3n) is 4.94. The van der Waals surface area contributed by atoms with Gasteiger partial charge >= 0.3 is 0 Å². The fourth-order valence-corrected chi connectivity index (χ4v) is 3.93. The molecule has 26 heavy (non-hydrogen) atoms. The highest BCUT2D eigenvalue weighted by atomic mass is 32.1. The van der Waals surface area contributed by atoms with Crippen molar-refractivity contribution < 1.29 is 9.32 Å². The second-order valence-electron chi connectivity index (χ2n) is 6.91. The number of likely N-dealkylation sites (tertiary alicyclic amines) is 1. The maximum Gasteiger partial charge on any atom is 0.280 e. The Morgan fingerprint density at radius 1 is 1.35 bits per heavy atom. The van der Waals surface area contributed by atoms with Crippen LogP contribution in [0.15, 0.2) is 27.5 Å². The van der Waals surface area contributed by atoms with Gasteiger partial charge in [0.15, 0.2) is 11.5 Å². The molecule has 3 aromatic heterocycles. The first-order valence-electron chi connectivity index (χ1n) is 8.81. The summed E-state index contributed by atoms with van der Waals surface area (Å²) in [5.74, 6) is 1.79. The summed E-state index contributed by atoms with van der Waals surface area (Å²) < 4.78 is 7.12. The lowest BCUT2D eigenvalue weighted by atomic mass is 10.2. The Labute approximate surface area is 153 Å². The van der Waals surface area contributed by atoms with Crippen LogP contribution in [0.3, 0.4) is 0 Å². The minimum atomic E-state index is 0.133. The minimum absolute atomic E-state index is 0.133. The van der Waals surface area contributed by atoms with Gasteiger partial charge in [0.05, 0.1) is 18.7 Å². The molecule has 8 nitrogen and oxygen atoms in total. The smallest absolute Gasteiger partial charge is 0.280 e. The number of amides is 1. The van der Waals surface area contributed by atoms with Crippen LogP contribution in [-0.2, 0) is 11.2 Å². The van der Waals surface area contributed by atoms with E-state index in [-0.39, 0.29) is 11.9 Å². The van der Waals surface area contributed by atoms with Gasteiger partial charge in [-0.1, -0.05) is 10.4 Å². The van der Waals surface area contributed by atoms with Crippen molar-refractivity contribution in [1.29, 1.82) is 0 Å². The van der Waals surface area contributed by atoms with E-state index < -0.39 is 0 Å². The van der Waals surface area contributed by atoms with Gasteiger partial charge in [-0.15, -0.1) is 5.10 Å². The lowest BCUT2D eigenvalue weighted by Gasteiger charge is -2.16. The Hall–Kier alpha value is -2.55. The Kier molecular flexibility index (Phi) is 3.81. The molecule has 4 heterocycles. The van der Waals surface area contributed by atoms with E-state index in [0.717, 1.165) is 37.2 Å². The van der Waals surface area contributed by atoms with Gasteiger partial charge < -0.3 is 9.42 Å². The van der Waals surface area contributed by atoms with E-state index >= 15 is 0 Å². The van der Waals surface area contributed by atoms with Crippen LogP contribution in [0.5, 0.6) is 0 Å². The van der Waals surface area contributed by atoms with Crippen LogP contribution in [0.25, 0.3) is 11.6 Å². The molecule has 0 spiro atoms. The molecule has 1 saturated heterocycles. The number of carbonyl (C=O) groups excluding carboxylic acids is 1. The number of rotatable bonds is 5. The van der Waals surface area contributed by atoms with E-state index in [2.05, 4.69) is 20.5 Å². The molecule has 3 aromatic rings. The minimum Gasteiger partial charge on any atom is -0.340 e. The van der Waals surface area contributed by atoms with Crippen LogP contribution in [0.4, 0.5) is 0 Å². The highest BCUT2D eigenvalue weighted by Crippen LogP contribution is 2.38. The number of hydrogen-bond acceptors (Lipinski definition) is 7. The molecule has 0 aromatic carbocycles. The van der Waals surface area contributed by atoms with E-state index in [0.29, 0.717) is 30.5 Å². The molecule has 0 bridgehead atoms. The van der Waals surface area contributed by atoms with E-state index in [9.17, 15) is 4.79 Å². The van der Waals surface area contributed by atoms with Gasteiger partial charge in [0.2, 0.25) is 5.91 Å². The molecule has 1 aliphatic carbocycles. The van der Waals surface area contributed by atoms with Crippen LogP contribution >= 0.6 is 11.3 Å². The summed E-state index contributed by atoms with van der Waals surface area (Å²) >= 11 is 1.62. The molecule has 2 aliphatic rings. The van der Waals surface area contributed by atoms with E-state index in [4.69, 9.17) is 4.52 Å². The number of nitrogens with zero attached hydrogens (tertiary/aromatic N) is 6. The molecule has 1 atom stereocenters. The average Bonchev–Trinajstić information content (AvgIpc) is 3.18. The first-order chi connectivity index (χ1) is 12.8. The second kappa shape index (κ2) is 6.31. The lowest BCUT2D eigenvalue weighted by molar-refractivity contribution is -0.129. The molecular formula is C17H18N6O2S. The molecule has 0 N–H and O–H groups in total. The zero-order chi connectivity index (χ0) is 17.5. The normalized spacial score (nSPS) is 20.0. The SMILES string of the molecule is O=C(Cc1ccsc1)N1CCC(n2cc(-c3nc(C4CC4)no3)nn2)C1. The van der Waals surface area contributed by atoms with Crippen molar-refractivity contribution in [3.8, 4) is 11.6 Å². The van der Waals surface area contributed by atoms with Gasteiger partial charge in [-0.05, 0) is 41.7 Å². The fourth-order valence-electron chi connectivity index (χ4n) is 3.26. The van der Waals surface area contributed by atoms with Crippen molar-refractivity contribution in [1.82, 2.24) is 30.0 Å². The summed E-state index contributed by atoms with van der Waals surface area (Å²) in [5.41, 5.74) is 1.67. The maximum absolute atomic E-state index is 12.4. The first kappa shape index (κ1) is 15.7. The van der Waals surface area contributed by atoms with Gasteiger partial charge in [0.1, 0.15) is 0 Å². The van der Waals surface area contributed by atoms with Gasteiger partial charge in [0.25, 0.3) is 5.89 Å². The van der Waals surface area contributed by atoms with Gasteiger partial charge in [0, 0.05) is 19.0 Å². The third kappa shape index (κ3) is 3.03. The molecule has 1 unspecified atom stereocenters. The Morgan fingerprint density at radius 2 is 2.27 bits per heavy atom. The molecule has 0 radical (unpaired) electrons. The van der Waals surface area contributed by atoms with Crippen LogP contribution < -0.4 is 0 Å². The predicted octanol–water partition coefficient (Wildman–Crippen LogP) is 2.28. The van der Waals surface area contributed by atoms with Crippen molar-refractivity contribution in [3.63, 3.8) is 0 Å². The van der Waals surface area contributed by atoms with Gasteiger partial charge in [-0.2, -0.15) is 16.3 Å². The highest BCUT2D eigenvalue weighted by Gasteiger charge is 2.31. The van der Waals surface area contributed by atoms with Gasteiger partial charge in [-0.3, -0.25) is 4.79 Å². The highest BCUT2D eigenvalue weighted by molar-refractivity contribution is 7.08. The maximum atomic E-state index is 12.4. The first-order valence-corrected chi connectivity index (χ1v) is 9.75. The van der Waals surface area contributed by atoms with Gasteiger partial charge in [-0.25, -0.2) is 4.68 Å². The Bertz CT molecular complexity index is 913. The van der Waals surface area contributed by atoms with Crippen LogP contribution in [0.2, 0.25) is 0 Å². The van der Waals surface area contributed by atoms with E-state index in [1.807, 2.05) is 32.6 Å². The summed E-state index contributed by atoms with van der Waals surface area (Å²) in [7, 11) is 0. The largest absolute Gasteiger partial charge is 0.340 e. The molecule has 2 fully saturated rings. The zero-order valence-corrected chi connectivity index (χ0v) is 14.9. The summed E-state index contributed by atoms with van der Waals surface area (Å²) in [6.07, 6.45) is 5.42.